The lowest BCUT2D eigenvalue weighted by molar-refractivity contribution is 0.0722. The van der Waals surface area contributed by atoms with Gasteiger partial charge in [0.25, 0.3) is 5.91 Å². The second-order valence-electron chi connectivity index (χ2n) is 7.28. The molecule has 1 amide bonds. The third-order valence-corrected chi connectivity index (χ3v) is 5.28. The molecule has 0 unspecified atom stereocenters. The van der Waals surface area contributed by atoms with Gasteiger partial charge in [0.15, 0.2) is 5.43 Å². The van der Waals surface area contributed by atoms with E-state index in [2.05, 4.69) is 4.90 Å². The van der Waals surface area contributed by atoms with Crippen molar-refractivity contribution in [3.63, 3.8) is 0 Å². The minimum absolute atomic E-state index is 0.138. The molecule has 0 N–H and O–H groups in total. The highest BCUT2D eigenvalue weighted by atomic mass is 35.5. The van der Waals surface area contributed by atoms with Crippen molar-refractivity contribution in [3.05, 3.63) is 80.7 Å². The van der Waals surface area contributed by atoms with Crippen molar-refractivity contribution in [1.29, 1.82) is 0 Å². The molecule has 6 heteroatoms. The van der Waals surface area contributed by atoms with Crippen molar-refractivity contribution in [2.75, 3.05) is 27.2 Å². The lowest BCUT2D eigenvalue weighted by Crippen LogP contribution is -2.32. The highest BCUT2D eigenvalue weighted by Crippen LogP contribution is 2.38. The van der Waals surface area contributed by atoms with Crippen molar-refractivity contribution in [2.45, 2.75) is 12.5 Å². The summed E-state index contributed by atoms with van der Waals surface area (Å²) in [5, 5.41) is 1.05. The molecular formula is C22H21ClN2O3. The summed E-state index contributed by atoms with van der Waals surface area (Å²) in [7, 11) is 3.99. The van der Waals surface area contributed by atoms with Crippen LogP contribution in [0.3, 0.4) is 0 Å². The molecule has 0 spiro atoms. The van der Waals surface area contributed by atoms with Gasteiger partial charge in [-0.2, -0.15) is 0 Å². The molecule has 28 heavy (non-hydrogen) atoms. The molecule has 0 aliphatic carbocycles. The van der Waals surface area contributed by atoms with E-state index in [9.17, 15) is 9.59 Å². The van der Waals surface area contributed by atoms with Crippen LogP contribution >= 0.6 is 11.6 Å². The molecule has 0 radical (unpaired) electrons. The first-order chi connectivity index (χ1) is 13.5. The molecular weight excluding hydrogens is 376 g/mol. The van der Waals surface area contributed by atoms with Crippen molar-refractivity contribution < 1.29 is 9.21 Å². The Labute approximate surface area is 168 Å². The molecule has 2 heterocycles. The molecule has 3 aromatic rings. The maximum absolute atomic E-state index is 13.3. The van der Waals surface area contributed by atoms with Gasteiger partial charge in [0, 0.05) is 11.6 Å². The Morgan fingerprint density at radius 1 is 1.11 bits per heavy atom. The summed E-state index contributed by atoms with van der Waals surface area (Å²) >= 11 is 6.20. The molecule has 0 saturated heterocycles. The van der Waals surface area contributed by atoms with Crippen molar-refractivity contribution in [3.8, 4) is 0 Å². The number of hydrogen-bond acceptors (Lipinski definition) is 4. The van der Waals surface area contributed by atoms with E-state index in [0.717, 1.165) is 18.5 Å². The predicted octanol–water partition coefficient (Wildman–Crippen LogP) is 3.94. The smallest absolute Gasteiger partial charge is 0.290 e. The highest BCUT2D eigenvalue weighted by molar-refractivity contribution is 6.30. The van der Waals surface area contributed by atoms with E-state index in [1.807, 2.05) is 32.3 Å². The number of nitrogens with zero attached hydrogens (tertiary/aromatic N) is 2. The van der Waals surface area contributed by atoms with Gasteiger partial charge >= 0.3 is 0 Å². The second kappa shape index (κ2) is 7.41. The van der Waals surface area contributed by atoms with Crippen LogP contribution in [0.4, 0.5) is 0 Å². The average molecular weight is 397 g/mol. The Kier molecular flexibility index (Phi) is 4.96. The quantitative estimate of drug-likeness (QED) is 0.655. The van der Waals surface area contributed by atoms with E-state index >= 15 is 0 Å². The van der Waals surface area contributed by atoms with E-state index < -0.39 is 6.04 Å². The Morgan fingerprint density at radius 3 is 2.64 bits per heavy atom. The van der Waals surface area contributed by atoms with Gasteiger partial charge in [0.1, 0.15) is 5.58 Å². The number of benzene rings is 2. The van der Waals surface area contributed by atoms with E-state index in [-0.39, 0.29) is 17.1 Å². The van der Waals surface area contributed by atoms with Gasteiger partial charge in [0.2, 0.25) is 5.76 Å². The van der Waals surface area contributed by atoms with Crippen LogP contribution in [0.5, 0.6) is 0 Å². The molecule has 5 nitrogen and oxygen atoms in total. The summed E-state index contributed by atoms with van der Waals surface area (Å²) in [5.41, 5.74) is 1.48. The van der Waals surface area contributed by atoms with Gasteiger partial charge < -0.3 is 14.2 Å². The van der Waals surface area contributed by atoms with Gasteiger partial charge in [-0.05, 0) is 56.9 Å². The van der Waals surface area contributed by atoms with E-state index in [0.29, 0.717) is 28.1 Å². The van der Waals surface area contributed by atoms with E-state index in [1.54, 1.807) is 35.2 Å². The Balaban J connectivity index is 1.88. The average Bonchev–Trinajstić information content (AvgIpc) is 2.94. The summed E-state index contributed by atoms with van der Waals surface area (Å²) in [4.78, 5) is 30.3. The molecule has 1 aliphatic rings. The standard InChI is InChI=1S/C22H21ClN2O3/c1-24(2)11-6-12-25-19(14-7-5-8-15(23)13-14)18-20(26)16-9-3-4-10-17(16)28-21(18)22(25)27/h3-5,7-10,13,19H,6,11-12H2,1-2H3/t19-/m0/s1. The number of rotatable bonds is 5. The van der Waals surface area contributed by atoms with Crippen LogP contribution in [0, 0.1) is 0 Å². The summed E-state index contributed by atoms with van der Waals surface area (Å²) in [6.07, 6.45) is 0.789. The maximum Gasteiger partial charge on any atom is 0.290 e. The number of hydrogen-bond donors (Lipinski definition) is 0. The number of para-hydroxylation sites is 1. The van der Waals surface area contributed by atoms with Gasteiger partial charge in [-0.3, -0.25) is 9.59 Å². The van der Waals surface area contributed by atoms with Crippen LogP contribution < -0.4 is 5.43 Å². The zero-order valence-corrected chi connectivity index (χ0v) is 16.6. The summed E-state index contributed by atoms with van der Waals surface area (Å²) in [5.74, 6) is -0.111. The van der Waals surface area contributed by atoms with Crippen molar-refractivity contribution in [2.24, 2.45) is 0 Å². The number of carbonyl (C=O) groups excluding carboxylic acids is 1. The Hall–Kier alpha value is -2.63. The zero-order chi connectivity index (χ0) is 19.8. The number of carbonyl (C=O) groups is 1. The van der Waals surface area contributed by atoms with Gasteiger partial charge in [-0.1, -0.05) is 35.9 Å². The Bertz CT molecular complexity index is 1110. The molecule has 1 atom stereocenters. The van der Waals surface area contributed by atoms with Crippen LogP contribution in [-0.2, 0) is 0 Å². The highest BCUT2D eigenvalue weighted by Gasteiger charge is 2.42. The normalized spacial score (nSPS) is 16.2. The minimum atomic E-state index is -0.496. The third kappa shape index (κ3) is 3.21. The van der Waals surface area contributed by atoms with Gasteiger partial charge in [-0.15, -0.1) is 0 Å². The molecule has 0 bridgehead atoms. The molecule has 144 valence electrons. The van der Waals surface area contributed by atoms with Crippen molar-refractivity contribution >= 4 is 28.5 Å². The SMILES string of the molecule is CN(C)CCCN1C(=O)c2oc3ccccc3c(=O)c2[C@@H]1c1cccc(Cl)c1. The minimum Gasteiger partial charge on any atom is -0.450 e. The summed E-state index contributed by atoms with van der Waals surface area (Å²) in [6.45, 7) is 1.36. The largest absolute Gasteiger partial charge is 0.450 e. The fourth-order valence-corrected chi connectivity index (χ4v) is 3.98. The first-order valence-electron chi connectivity index (χ1n) is 9.24. The zero-order valence-electron chi connectivity index (χ0n) is 15.8. The van der Waals surface area contributed by atoms with Gasteiger partial charge in [-0.25, -0.2) is 0 Å². The topological polar surface area (TPSA) is 53.8 Å². The maximum atomic E-state index is 13.3. The van der Waals surface area contributed by atoms with Crippen molar-refractivity contribution in [1.82, 2.24) is 9.80 Å². The van der Waals surface area contributed by atoms with Crippen LogP contribution in [-0.4, -0.2) is 42.9 Å². The molecule has 4 rings (SSSR count). The van der Waals surface area contributed by atoms with Crippen LogP contribution in [0.1, 0.15) is 34.1 Å². The summed E-state index contributed by atoms with van der Waals surface area (Å²) in [6, 6.07) is 13.9. The molecule has 0 saturated carbocycles. The Morgan fingerprint density at radius 2 is 1.89 bits per heavy atom. The lowest BCUT2D eigenvalue weighted by Gasteiger charge is -2.25. The molecule has 1 aliphatic heterocycles. The molecule has 2 aromatic carbocycles. The predicted molar refractivity (Wildman–Crippen MR) is 110 cm³/mol. The lowest BCUT2D eigenvalue weighted by atomic mass is 9.98. The van der Waals surface area contributed by atoms with Crippen LogP contribution in [0.15, 0.2) is 57.7 Å². The number of amides is 1. The van der Waals surface area contributed by atoms with Crippen LogP contribution in [0.2, 0.25) is 5.02 Å². The third-order valence-electron chi connectivity index (χ3n) is 5.04. The fraction of sp³-hybridized carbons (Fsp3) is 0.273. The number of halogens is 1. The molecule has 0 fully saturated rings. The number of fused-ring (bicyclic) bond motifs is 2. The van der Waals surface area contributed by atoms with Gasteiger partial charge in [0.05, 0.1) is 17.0 Å². The van der Waals surface area contributed by atoms with Crippen LogP contribution in [0.25, 0.3) is 11.0 Å². The monoisotopic (exact) mass is 396 g/mol. The fourth-order valence-electron chi connectivity index (χ4n) is 3.78. The van der Waals surface area contributed by atoms with E-state index in [4.69, 9.17) is 16.0 Å². The van der Waals surface area contributed by atoms with E-state index in [1.165, 1.54) is 0 Å². The summed E-state index contributed by atoms with van der Waals surface area (Å²) < 4.78 is 5.90. The first-order valence-corrected chi connectivity index (χ1v) is 9.62. The first kappa shape index (κ1) is 18.7. The molecule has 1 aromatic heterocycles. The second-order valence-corrected chi connectivity index (χ2v) is 7.72.